The molecule has 2 heterocycles. The number of H-pyrrole nitrogens is 1. The average Bonchev–Trinajstić information content (AvgIpc) is 3.24. The molecule has 0 unspecified atom stereocenters. The summed E-state index contributed by atoms with van der Waals surface area (Å²) in [5.41, 5.74) is 4.34. The second-order valence-corrected chi connectivity index (χ2v) is 6.99. The molecule has 6 heteroatoms. The van der Waals surface area contributed by atoms with Crippen LogP contribution in [0, 0.1) is 11.8 Å². The van der Waals surface area contributed by atoms with Crippen molar-refractivity contribution in [1.29, 1.82) is 0 Å². The summed E-state index contributed by atoms with van der Waals surface area (Å²) in [7, 11) is 0. The van der Waals surface area contributed by atoms with Gasteiger partial charge in [-0.15, -0.1) is 21.5 Å². The first-order chi connectivity index (χ1) is 12.3. The topological polar surface area (TPSA) is 67.3 Å². The Bertz CT molecular complexity index is 955. The van der Waals surface area contributed by atoms with Gasteiger partial charge in [0.25, 0.3) is 0 Å². The van der Waals surface area contributed by atoms with E-state index in [2.05, 4.69) is 55.0 Å². The van der Waals surface area contributed by atoms with Crippen LogP contribution in [0.25, 0.3) is 11.6 Å². The Morgan fingerprint density at radius 3 is 3.00 bits per heavy atom. The first-order valence-electron chi connectivity index (χ1n) is 8.27. The third kappa shape index (κ3) is 3.67. The quantitative estimate of drug-likeness (QED) is 0.730. The fourth-order valence-corrected chi connectivity index (χ4v) is 3.46. The molecule has 25 heavy (non-hydrogen) atoms. The number of hydrogen-bond acceptors (Lipinski definition) is 5. The number of hydrogen-bond donors (Lipinski definition) is 1. The normalized spacial score (nSPS) is 14.7. The second-order valence-electron chi connectivity index (χ2n) is 6.13. The Morgan fingerprint density at radius 2 is 2.24 bits per heavy atom. The van der Waals surface area contributed by atoms with E-state index < -0.39 is 0 Å². The Labute approximate surface area is 150 Å². The number of allylic oxidation sites excluding steroid dienone is 1. The zero-order chi connectivity index (χ0) is 17.1. The van der Waals surface area contributed by atoms with Crippen LogP contribution in [0.1, 0.15) is 59.8 Å². The number of aromatic nitrogens is 5. The molecule has 0 atom stereocenters. The van der Waals surface area contributed by atoms with Gasteiger partial charge in [-0.3, -0.25) is 0 Å². The Balaban J connectivity index is 1.53. The summed E-state index contributed by atoms with van der Waals surface area (Å²) in [6, 6.07) is 8.14. The number of benzene rings is 1. The molecule has 124 valence electrons. The highest BCUT2D eigenvalue weighted by Crippen LogP contribution is 2.36. The largest absolute Gasteiger partial charge is 0.232 e. The van der Waals surface area contributed by atoms with Crippen LogP contribution in [0.5, 0.6) is 0 Å². The zero-order valence-electron chi connectivity index (χ0n) is 13.9. The molecular weight excluding hydrogens is 330 g/mol. The molecule has 1 fully saturated rings. The van der Waals surface area contributed by atoms with Gasteiger partial charge in [0.2, 0.25) is 0 Å². The number of tetrazole rings is 1. The van der Waals surface area contributed by atoms with E-state index >= 15 is 0 Å². The highest BCUT2D eigenvalue weighted by atomic mass is 32.1. The number of nitrogens with zero attached hydrogens (tertiary/aromatic N) is 4. The highest BCUT2D eigenvalue weighted by molar-refractivity contribution is 7.10. The van der Waals surface area contributed by atoms with Gasteiger partial charge in [0, 0.05) is 16.9 Å². The van der Waals surface area contributed by atoms with Gasteiger partial charge < -0.3 is 0 Å². The van der Waals surface area contributed by atoms with Crippen LogP contribution in [0.3, 0.4) is 0 Å². The van der Waals surface area contributed by atoms with Crippen molar-refractivity contribution in [2.75, 3.05) is 0 Å². The first-order valence-corrected chi connectivity index (χ1v) is 9.15. The van der Waals surface area contributed by atoms with Crippen LogP contribution in [0.15, 0.2) is 29.6 Å². The molecular formula is C19H17N5S. The van der Waals surface area contributed by atoms with Gasteiger partial charge in [-0.25, -0.2) is 4.98 Å². The molecule has 1 aliphatic carbocycles. The van der Waals surface area contributed by atoms with E-state index in [1.807, 2.05) is 25.1 Å². The third-order valence-corrected chi connectivity index (χ3v) is 5.16. The van der Waals surface area contributed by atoms with Crippen molar-refractivity contribution >= 4 is 23.0 Å². The van der Waals surface area contributed by atoms with Crippen LogP contribution < -0.4 is 0 Å². The van der Waals surface area contributed by atoms with Gasteiger partial charge in [0.1, 0.15) is 0 Å². The molecule has 0 saturated heterocycles. The van der Waals surface area contributed by atoms with Gasteiger partial charge in [-0.2, -0.15) is 5.21 Å². The van der Waals surface area contributed by atoms with Crippen molar-refractivity contribution in [3.05, 3.63) is 57.3 Å². The summed E-state index contributed by atoms with van der Waals surface area (Å²) >= 11 is 1.64. The fraction of sp³-hybridized carbons (Fsp3) is 0.263. The molecule has 0 radical (unpaired) electrons. The van der Waals surface area contributed by atoms with Gasteiger partial charge in [-0.05, 0) is 60.2 Å². The molecule has 1 aromatic carbocycles. The lowest BCUT2D eigenvalue weighted by Crippen LogP contribution is -2.08. The summed E-state index contributed by atoms with van der Waals surface area (Å²) in [6.45, 7) is 2.02. The number of rotatable bonds is 3. The van der Waals surface area contributed by atoms with Gasteiger partial charge >= 0.3 is 0 Å². The van der Waals surface area contributed by atoms with Crippen molar-refractivity contribution in [2.45, 2.75) is 32.1 Å². The van der Waals surface area contributed by atoms with Crippen molar-refractivity contribution in [3.63, 3.8) is 0 Å². The van der Waals surface area contributed by atoms with Crippen LogP contribution in [0.2, 0.25) is 0 Å². The number of nitrogens with one attached hydrogen (secondary N) is 1. The van der Waals surface area contributed by atoms with Crippen molar-refractivity contribution in [1.82, 2.24) is 25.6 Å². The SMILES string of the molecule is C/C(=C\c1nn[nH]n1)c1cccc(C#Cc2nc(C3CCC3)cs2)c1. The van der Waals surface area contributed by atoms with E-state index in [1.54, 1.807) is 11.3 Å². The maximum Gasteiger partial charge on any atom is 0.197 e. The minimum atomic E-state index is 0.570. The smallest absolute Gasteiger partial charge is 0.197 e. The second kappa shape index (κ2) is 6.99. The molecule has 4 rings (SSSR count). The van der Waals surface area contributed by atoms with E-state index in [-0.39, 0.29) is 0 Å². The van der Waals surface area contributed by atoms with Crippen LogP contribution in [0.4, 0.5) is 0 Å². The third-order valence-electron chi connectivity index (χ3n) is 4.38. The van der Waals surface area contributed by atoms with Crippen molar-refractivity contribution in [3.8, 4) is 11.8 Å². The predicted octanol–water partition coefficient (Wildman–Crippen LogP) is 3.88. The lowest BCUT2D eigenvalue weighted by atomic mass is 9.83. The summed E-state index contributed by atoms with van der Waals surface area (Å²) < 4.78 is 0. The average molecular weight is 347 g/mol. The molecule has 0 amide bonds. The fourth-order valence-electron chi connectivity index (χ4n) is 2.71. The summed E-state index contributed by atoms with van der Waals surface area (Å²) in [4.78, 5) is 4.66. The molecule has 1 saturated carbocycles. The highest BCUT2D eigenvalue weighted by Gasteiger charge is 2.21. The summed E-state index contributed by atoms with van der Waals surface area (Å²) in [5, 5.41) is 17.0. The van der Waals surface area contributed by atoms with Crippen molar-refractivity contribution in [2.24, 2.45) is 0 Å². The maximum absolute atomic E-state index is 4.66. The molecule has 3 aromatic rings. The zero-order valence-corrected chi connectivity index (χ0v) is 14.7. The first kappa shape index (κ1) is 15.7. The summed E-state index contributed by atoms with van der Waals surface area (Å²) in [6.07, 6.45) is 5.75. The minimum Gasteiger partial charge on any atom is -0.232 e. The maximum atomic E-state index is 4.66. The molecule has 5 nitrogen and oxygen atoms in total. The van der Waals surface area contributed by atoms with E-state index in [0.717, 1.165) is 21.7 Å². The van der Waals surface area contributed by atoms with Crippen LogP contribution in [-0.2, 0) is 0 Å². The van der Waals surface area contributed by atoms with Gasteiger partial charge in [0.15, 0.2) is 10.8 Å². The molecule has 0 spiro atoms. The minimum absolute atomic E-state index is 0.570. The molecule has 2 aromatic heterocycles. The molecule has 1 aliphatic rings. The Kier molecular flexibility index (Phi) is 4.40. The van der Waals surface area contributed by atoms with Crippen molar-refractivity contribution < 1.29 is 0 Å². The summed E-state index contributed by atoms with van der Waals surface area (Å²) in [5.74, 6) is 7.65. The number of aromatic amines is 1. The van der Waals surface area contributed by atoms with E-state index in [4.69, 9.17) is 0 Å². The predicted molar refractivity (Wildman–Crippen MR) is 98.9 cm³/mol. The number of thiazole rings is 1. The molecule has 0 aliphatic heterocycles. The van der Waals surface area contributed by atoms with Crippen LogP contribution >= 0.6 is 11.3 Å². The lowest BCUT2D eigenvalue weighted by molar-refractivity contribution is 0.412. The molecule has 1 N–H and O–H groups in total. The Hall–Kier alpha value is -2.78. The van der Waals surface area contributed by atoms with Gasteiger partial charge in [-0.1, -0.05) is 24.5 Å². The molecule has 0 bridgehead atoms. The van der Waals surface area contributed by atoms with E-state index in [0.29, 0.717) is 11.7 Å². The van der Waals surface area contributed by atoms with Crippen LogP contribution in [-0.4, -0.2) is 25.6 Å². The standard InChI is InChI=1S/C19H17N5S/c1-13(10-18-21-23-24-22-18)16-7-2-4-14(11-16)8-9-19-20-17(12-25-19)15-5-3-6-15/h2,4,7,10-12,15H,3,5-6H2,1H3,(H,21,22,23,24)/b13-10+. The Morgan fingerprint density at radius 1 is 1.32 bits per heavy atom. The lowest BCUT2D eigenvalue weighted by Gasteiger charge is -2.22. The van der Waals surface area contributed by atoms with E-state index in [9.17, 15) is 0 Å². The van der Waals surface area contributed by atoms with E-state index in [1.165, 1.54) is 25.0 Å². The van der Waals surface area contributed by atoms with Gasteiger partial charge in [0.05, 0.1) is 5.69 Å². The monoisotopic (exact) mass is 347 g/mol.